The number of nitrogens with one attached hydrogen (secondary N) is 4. The molecule has 8 nitrogen and oxygen atoms in total. The molecule has 4 N–H and O–H groups in total. The number of thiophene rings is 12. The van der Waals surface area contributed by atoms with E-state index in [9.17, 15) is 0 Å². The molecule has 0 atom stereocenters. The lowest BCUT2D eigenvalue weighted by Gasteiger charge is -2.08. The van der Waals surface area contributed by atoms with Crippen molar-refractivity contribution >= 4 is 242 Å². The second-order valence-corrected chi connectivity index (χ2v) is 41.9. The summed E-state index contributed by atoms with van der Waals surface area (Å²) < 4.78 is 5.03. The van der Waals surface area contributed by atoms with Gasteiger partial charge in [-0.25, -0.2) is 0 Å². The molecule has 552 valence electrons. The number of para-hydroxylation sites is 4. The Hall–Kier alpha value is -10.4. The molecule has 0 saturated heterocycles. The molecule has 22 rings (SSSR count). The van der Waals surface area contributed by atoms with Crippen molar-refractivity contribution in [2.24, 2.45) is 20.4 Å². The number of aryl methyl sites for hydroxylation is 6. The number of anilines is 4. The highest BCUT2D eigenvalue weighted by atomic mass is 32.1. The van der Waals surface area contributed by atoms with Gasteiger partial charge < -0.3 is 0 Å². The summed E-state index contributed by atoms with van der Waals surface area (Å²) >= 11 is 22.3. The van der Waals surface area contributed by atoms with Crippen LogP contribution in [0.15, 0.2) is 275 Å². The quantitative estimate of drug-likeness (QED) is 0.0725. The highest BCUT2D eigenvalue weighted by Crippen LogP contribution is 2.51. The molecule has 0 spiro atoms. The Morgan fingerprint density at radius 1 is 0.184 bits per heavy atom. The first-order valence-corrected chi connectivity index (χ1v) is 46.9. The topological polar surface area (TPSA) is 97.6 Å². The average molecular weight is 1690 g/mol. The van der Waals surface area contributed by atoms with E-state index in [1.54, 1.807) is 0 Å². The van der Waals surface area contributed by atoms with Gasteiger partial charge in [-0.05, 0) is 235 Å². The molecule has 0 radical (unpaired) electrons. The van der Waals surface area contributed by atoms with Gasteiger partial charge in [-0.2, -0.15) is 20.4 Å². The molecule has 0 amide bonds. The summed E-state index contributed by atoms with van der Waals surface area (Å²) in [6.45, 7) is 13.3. The predicted molar refractivity (Wildman–Crippen MR) is 507 cm³/mol. The van der Waals surface area contributed by atoms with Crippen LogP contribution < -0.4 is 43.1 Å². The monoisotopic (exact) mass is 1690 g/mol. The van der Waals surface area contributed by atoms with E-state index in [-0.39, 0.29) is 0 Å². The number of nitrogens with zero attached hydrogens (tertiary/aromatic N) is 4. The second kappa shape index (κ2) is 29.5. The molecule has 22 aromatic rings. The maximum Gasteiger partial charge on any atom is 0.100 e. The number of fused-ring (bicyclic) bond motifs is 12. The van der Waals surface area contributed by atoms with Gasteiger partial charge in [0.05, 0.1) is 33.5 Å². The van der Waals surface area contributed by atoms with Crippen LogP contribution in [0.2, 0.25) is 0 Å². The first kappa shape index (κ1) is 71.4. The molecule has 0 saturated carbocycles. The van der Waals surface area contributed by atoms with E-state index < -0.39 is 0 Å². The Labute approximate surface area is 703 Å². The predicted octanol–water partition coefficient (Wildman–Crippen LogP) is 30.0. The fraction of sp³-hybridized carbons (Fsp3) is 0.0638. The Morgan fingerprint density at radius 2 is 0.412 bits per heavy atom. The van der Waals surface area contributed by atoms with E-state index >= 15 is 0 Å². The number of hydrogen-bond acceptors (Lipinski definition) is 20. The van der Waals surface area contributed by atoms with Crippen molar-refractivity contribution in [1.82, 2.24) is 0 Å². The van der Waals surface area contributed by atoms with Crippen LogP contribution >= 0.6 is 136 Å². The minimum atomic E-state index is 0.959. The van der Waals surface area contributed by atoms with Gasteiger partial charge in [0.25, 0.3) is 0 Å². The molecule has 0 fully saturated rings. The molecule has 114 heavy (non-hydrogen) atoms. The normalized spacial score (nSPS) is 12.7. The lowest BCUT2D eigenvalue weighted by molar-refractivity contribution is 1.25. The molecule has 0 aliphatic carbocycles. The van der Waals surface area contributed by atoms with Crippen LogP contribution in [0.5, 0.6) is 0 Å². The zero-order chi connectivity index (χ0) is 76.4. The smallest absolute Gasteiger partial charge is 0.100 e. The molecule has 12 aromatic heterocycles. The number of rotatable bonds is 16. The fourth-order valence-corrected chi connectivity index (χ4v) is 28.4. The highest BCUT2D eigenvalue weighted by molar-refractivity contribution is 7.31. The molecular weight excluding hydrogens is 1630 g/mol. The lowest BCUT2D eigenvalue weighted by Crippen LogP contribution is -2.07. The summed E-state index contributed by atoms with van der Waals surface area (Å²) in [5.74, 6) is 0. The zero-order valence-electron chi connectivity index (χ0n) is 61.9. The Bertz CT molecular complexity index is 7250. The Morgan fingerprint density at radius 3 is 0.675 bits per heavy atom. The Kier molecular flexibility index (Phi) is 18.4. The van der Waals surface area contributed by atoms with Gasteiger partial charge in [0.2, 0.25) is 0 Å². The van der Waals surface area contributed by atoms with E-state index in [2.05, 4.69) is 245 Å². The molecular formula is C94H64N8S12. The van der Waals surface area contributed by atoms with E-state index in [0.717, 1.165) is 65.7 Å². The summed E-state index contributed by atoms with van der Waals surface area (Å²) in [6, 6.07) is 91.0. The van der Waals surface area contributed by atoms with Crippen molar-refractivity contribution in [2.75, 3.05) is 21.7 Å². The third kappa shape index (κ3) is 13.0. The summed E-state index contributed by atoms with van der Waals surface area (Å²) in [6.07, 6.45) is 0. The fourth-order valence-electron chi connectivity index (χ4n) is 15.3. The maximum atomic E-state index is 5.25. The molecule has 0 aliphatic heterocycles. The van der Waals surface area contributed by atoms with Crippen LogP contribution in [0.1, 0.15) is 30.6 Å². The third-order valence-electron chi connectivity index (χ3n) is 20.6. The lowest BCUT2D eigenvalue weighted by atomic mass is 9.98. The van der Waals surface area contributed by atoms with E-state index in [0.29, 0.717) is 0 Å². The van der Waals surface area contributed by atoms with Gasteiger partial charge >= 0.3 is 0 Å². The third-order valence-corrected chi connectivity index (χ3v) is 35.2. The van der Waals surface area contributed by atoms with Crippen molar-refractivity contribution in [3.8, 4) is 78.0 Å². The average Bonchev–Trinajstić information content (AvgIpc) is 1.53. The second-order valence-electron chi connectivity index (χ2n) is 28.2. The largest absolute Gasteiger partial charge is 0.278 e. The van der Waals surface area contributed by atoms with Crippen LogP contribution in [0, 0.1) is 41.5 Å². The van der Waals surface area contributed by atoms with Gasteiger partial charge in [0.1, 0.15) is 10.7 Å². The van der Waals surface area contributed by atoms with Gasteiger partial charge in [0, 0.05) is 181 Å². The summed E-state index contributed by atoms with van der Waals surface area (Å²) in [4.78, 5) is 26.0. The van der Waals surface area contributed by atoms with Gasteiger partial charge in [-0.15, -0.1) is 136 Å². The number of hydrogen-bond donors (Lipinski definition) is 4. The van der Waals surface area contributed by atoms with Crippen LogP contribution in [0.25, 0.3) is 161 Å². The van der Waals surface area contributed by atoms with Crippen LogP contribution in [-0.4, -0.2) is 0 Å². The summed E-state index contributed by atoms with van der Waals surface area (Å²) in [5.41, 5.74) is 20.0. The summed E-state index contributed by atoms with van der Waals surface area (Å²) in [7, 11) is 0. The standard InChI is InChI=1S/C48H34N4S6.C46H30N4S6/c1-25-15-17-33(53-25)35-19-21-37(55-35)39-23-31-45(51-49-29-11-7-5-8-12-29)41-28(4)44-42(27(3)43(41)47(31)57-39)46(52-50-30-13-9-6-10-14-30)32-24-40(58-48(32)44)38-22-20-36(56-38)34-18-16-26(2)54-34;1-25-13-15-35(51-25)37-17-19-39(53-37)41-23-33-43(49-47-27-9-5-3-6-10-27)29-22-32-30(21-31(29)45(33)55-41)44(50-48-28-11-7-4-8-12-28)34-24-42(56-46(32)34)40-20-18-38(54-40)36-16-14-26(2)52-36/h5-24,49-50H,1-4H3;3-24,47-48H,1-2H3/b51-45+,52-46+;49-43-,50-44-. The van der Waals surface area contributed by atoms with Crippen molar-refractivity contribution in [3.05, 3.63) is 307 Å². The van der Waals surface area contributed by atoms with Gasteiger partial charge in [-0.1, -0.05) is 72.8 Å². The van der Waals surface area contributed by atoms with Crippen molar-refractivity contribution in [3.63, 3.8) is 0 Å². The van der Waals surface area contributed by atoms with Crippen molar-refractivity contribution < 1.29 is 0 Å². The molecule has 0 unspecified atom stereocenters. The molecule has 0 aliphatic rings. The molecule has 12 heterocycles. The van der Waals surface area contributed by atoms with Crippen LogP contribution in [-0.2, 0) is 0 Å². The zero-order valence-corrected chi connectivity index (χ0v) is 71.7. The molecule has 10 aromatic carbocycles. The number of benzene rings is 6. The van der Waals surface area contributed by atoms with Crippen LogP contribution in [0.4, 0.5) is 22.7 Å². The first-order chi connectivity index (χ1) is 55.9. The highest BCUT2D eigenvalue weighted by Gasteiger charge is 2.28. The van der Waals surface area contributed by atoms with Crippen molar-refractivity contribution in [2.45, 2.75) is 41.5 Å². The molecule has 0 bridgehead atoms. The van der Waals surface area contributed by atoms with E-state index in [4.69, 9.17) is 20.4 Å². The van der Waals surface area contributed by atoms with Gasteiger partial charge in [0.15, 0.2) is 0 Å². The summed E-state index contributed by atoms with van der Waals surface area (Å²) in [5, 5.41) is 39.0. The first-order valence-electron chi connectivity index (χ1n) is 37.1. The Balaban J connectivity index is 0.000000143. The molecule has 20 heteroatoms. The van der Waals surface area contributed by atoms with E-state index in [1.807, 2.05) is 209 Å². The van der Waals surface area contributed by atoms with Crippen molar-refractivity contribution in [1.29, 1.82) is 0 Å². The van der Waals surface area contributed by atoms with Crippen LogP contribution in [0.3, 0.4) is 0 Å². The van der Waals surface area contributed by atoms with Gasteiger partial charge in [-0.3, -0.25) is 21.7 Å². The SMILES string of the molecule is Cc1ccc(-c2ccc(-c3cc4/c(=N\Nc5ccccc5)c5c(C)c6c(c(C)c5c4s3)/c(=N/Nc3ccccc3)c3cc(-c4ccc(-c5ccc(C)s5)s4)sc36)s2)s1.Cc1ccc(-c2ccc(-c3cc4/c(=N\Nc5ccccc5)c5cc6c(cc5c4s3)/c(=N/Nc3ccccc3)c3cc(-c4ccc(-c5ccc(C)s5)s4)sc36)s2)s1. The van der Waals surface area contributed by atoms with E-state index in [1.165, 1.54) is 171 Å². The minimum absolute atomic E-state index is 0.959. The minimum Gasteiger partial charge on any atom is -0.278 e. The maximum absolute atomic E-state index is 5.25.